The Bertz CT molecular complexity index is 1970. The molecule has 8 atom stereocenters. The smallest absolute Gasteiger partial charge is 0.297 e. The number of carbonyl (C=O) groups is 1. The van der Waals surface area contributed by atoms with Gasteiger partial charge in [-0.3, -0.25) is 4.79 Å². The molecule has 0 bridgehead atoms. The molecule has 0 spiro atoms. The molecular formula is C37H73NO9. The van der Waals surface area contributed by atoms with Crippen molar-refractivity contribution in [3.05, 3.63) is 0 Å². The third-order valence-corrected chi connectivity index (χ3v) is 5.13. The molecule has 10 nitrogen and oxygen atoms in total. The van der Waals surface area contributed by atoms with E-state index in [9.17, 15) is 35.4 Å². The molecule has 0 aliphatic carbocycles. The van der Waals surface area contributed by atoms with E-state index in [1.807, 2.05) is 0 Å². The quantitative estimate of drug-likeness (QED) is 0.200. The van der Waals surface area contributed by atoms with Crippen molar-refractivity contribution in [1.82, 2.24) is 5.32 Å². The summed E-state index contributed by atoms with van der Waals surface area (Å²) in [5, 5.41) is 61.4. The molecule has 0 saturated carbocycles. The molecule has 1 aliphatic rings. The minimum Gasteiger partial charge on any atom is -0.394 e. The summed E-state index contributed by atoms with van der Waals surface area (Å²) >= 11 is 0. The highest BCUT2D eigenvalue weighted by Crippen LogP contribution is 2.22. The summed E-state index contributed by atoms with van der Waals surface area (Å²) in [6, 6.07) is -1.23. The second-order valence-electron chi connectivity index (χ2n) is 8.47. The molecule has 2 unspecified atom stereocenters. The maximum absolute atomic E-state index is 12.2. The van der Waals surface area contributed by atoms with Gasteiger partial charge in [0, 0.05) is 75.7 Å². The molecule has 1 rings (SSSR count). The van der Waals surface area contributed by atoms with E-state index in [4.69, 9.17) is 9.47 Å². The van der Waals surface area contributed by atoms with Crippen molar-refractivity contribution in [1.29, 1.82) is 0 Å². The van der Waals surface area contributed by atoms with Gasteiger partial charge in [-0.25, -0.2) is 0 Å². The lowest BCUT2D eigenvalue weighted by molar-refractivity contribution is -0.303. The molecule has 0 aromatic carbocycles. The average Bonchev–Trinajstić information content (AvgIpc) is 3.06. The summed E-state index contributed by atoms with van der Waals surface area (Å²) in [4.78, 5) is 12.2. The van der Waals surface area contributed by atoms with Crippen LogP contribution in [0.5, 0.6) is 0 Å². The summed E-state index contributed by atoms with van der Waals surface area (Å²) in [5.41, 5.74) is 0. The number of amides is 1. The van der Waals surface area contributed by atoms with E-state index >= 15 is 0 Å². The van der Waals surface area contributed by atoms with Crippen LogP contribution in [0.4, 0.5) is 0 Å². The Labute approximate surface area is 309 Å². The second kappa shape index (κ2) is 24.2. The molecule has 1 amide bonds. The first kappa shape index (κ1) is 38.9. The highest BCUT2D eigenvalue weighted by molar-refractivity contribution is 5.94. The van der Waals surface area contributed by atoms with E-state index in [0.717, 1.165) is 0 Å². The second-order valence-corrected chi connectivity index (χ2v) is 8.47. The van der Waals surface area contributed by atoms with Gasteiger partial charge in [-0.2, -0.15) is 0 Å². The summed E-state index contributed by atoms with van der Waals surface area (Å²) in [7, 11) is 0. The van der Waals surface area contributed by atoms with Crippen LogP contribution in [-0.4, -0.2) is 98.7 Å². The number of hydrogen-bond donors (Lipinski definition) is 7. The van der Waals surface area contributed by atoms with Gasteiger partial charge in [0.15, 0.2) is 6.29 Å². The number of rotatable bonds is 7. The highest BCUT2D eigenvalue weighted by atomic mass is 16.7. The Morgan fingerprint density at radius 1 is 0.702 bits per heavy atom. The predicted octanol–water partition coefficient (Wildman–Crippen LogP) is 1.99. The van der Waals surface area contributed by atoms with E-state index in [1.165, 1.54) is 6.92 Å². The third-order valence-electron chi connectivity index (χ3n) is 5.13. The van der Waals surface area contributed by atoms with E-state index in [2.05, 4.69) is 147 Å². The Balaban J connectivity index is -0.0000000418. The molecule has 1 saturated heterocycles. The lowest BCUT2D eigenvalue weighted by Gasteiger charge is -2.40. The maximum atomic E-state index is 12.2. The van der Waals surface area contributed by atoms with Crippen molar-refractivity contribution >= 4 is 5.91 Å². The predicted molar refractivity (Wildman–Crippen MR) is 219 cm³/mol. The van der Waals surface area contributed by atoms with Gasteiger partial charge < -0.3 is 45.4 Å². The van der Waals surface area contributed by atoms with Crippen molar-refractivity contribution in [3.8, 4) is 142 Å². The molecule has 0 aromatic rings. The van der Waals surface area contributed by atoms with Crippen LogP contribution in [0.3, 0.4) is 0 Å². The van der Waals surface area contributed by atoms with Gasteiger partial charge in [0.25, 0.3) is 5.91 Å². The summed E-state index contributed by atoms with van der Waals surface area (Å²) in [6.45, 7) is 1.76. The molecule has 280 valence electrons. The third kappa shape index (κ3) is 17.1. The molecule has 47 heavy (non-hydrogen) atoms. The fourth-order valence-electron chi connectivity index (χ4n) is 2.95. The molecular weight excluding hydrogens is 602 g/mol. The van der Waals surface area contributed by atoms with Crippen molar-refractivity contribution in [2.24, 2.45) is 0 Å². The Kier molecular flexibility index (Phi) is 20.0. The fourth-order valence-corrected chi connectivity index (χ4v) is 2.95. The van der Waals surface area contributed by atoms with Gasteiger partial charge in [-0.1, -0.05) is 5.92 Å². The highest BCUT2D eigenvalue weighted by Gasteiger charge is 2.44. The lowest BCUT2D eigenvalue weighted by Crippen LogP contribution is -2.60. The van der Waals surface area contributed by atoms with Crippen LogP contribution >= 0.6 is 0 Å². The lowest BCUT2D eigenvalue weighted by atomic mass is 9.99. The van der Waals surface area contributed by atoms with Crippen molar-refractivity contribution in [2.45, 2.75) is 62.8 Å². The maximum Gasteiger partial charge on any atom is 0.297 e. The topological polar surface area (TPSA) is 169 Å². The van der Waals surface area contributed by atoms with Gasteiger partial charge in [0.1, 0.15) is 30.5 Å². The Morgan fingerprint density at radius 3 is 1.49 bits per heavy atom. The zero-order chi connectivity index (χ0) is 34.7. The number of ether oxygens (including phenoxy) is 2. The zero-order valence-electron chi connectivity index (χ0n) is 24.9. The number of aliphatic hydroxyl groups excluding tert-OH is 6. The number of nitrogens with one attached hydrogen (secondary N) is 1. The number of carbonyl (C=O) groups excluding carboxylic acids is 1. The van der Waals surface area contributed by atoms with Gasteiger partial charge in [-0.15, -0.1) is 0 Å². The summed E-state index contributed by atoms with van der Waals surface area (Å²) in [6.07, 6.45) is -10.5. The van der Waals surface area contributed by atoms with Gasteiger partial charge >= 0.3 is 0 Å². The van der Waals surface area contributed by atoms with Gasteiger partial charge in [-0.05, 0) is 109 Å². The van der Waals surface area contributed by atoms with E-state index in [1.54, 1.807) is 6.92 Å². The van der Waals surface area contributed by atoms with Crippen LogP contribution in [0.15, 0.2) is 0 Å². The minimum absolute atomic E-state index is 0. The van der Waals surface area contributed by atoms with Crippen molar-refractivity contribution in [3.63, 3.8) is 0 Å². The molecule has 1 fully saturated rings. The summed E-state index contributed by atoms with van der Waals surface area (Å²) in [5.74, 6) is 57.6. The molecule has 0 aromatic heterocycles. The fraction of sp³-hybridized carbons (Fsp3) is 0.324. The zero-order valence-corrected chi connectivity index (χ0v) is 24.9. The summed E-state index contributed by atoms with van der Waals surface area (Å²) < 4.78 is 10.6. The van der Waals surface area contributed by atoms with Crippen LogP contribution in [0, 0.1) is 142 Å². The standard InChI is InChI=1S/C37H25NO9.24H2/c1-3-4-5-6-7-8-9-10-11-12-13-14-15-16-17-18-19-20-21-22-23-24-25-26-32(41)38-30(33(42)29(2)40)28-46-37-36(45)35(44)34(43)31(27-39)47-37;;;;;;;;;;;;;;;;;;;;;;;;/h29-31,33-37,39-40,42-45H,27-28H2,1-2H3,(H,38,41);24*1H/t29-,30+,31?,33-,34+,35+,36?,37+;;;;;;;;;;;;;;;;;;;;;;;;/m1......................../s1. The Hall–Kier alpha value is -6.13. The monoisotopic (exact) mass is 676 g/mol. The molecule has 1 heterocycles. The molecule has 7 N–H and O–H groups in total. The largest absolute Gasteiger partial charge is 0.394 e. The van der Waals surface area contributed by atoms with Crippen LogP contribution in [0.2, 0.25) is 0 Å². The molecule has 0 radical (unpaired) electrons. The Morgan fingerprint density at radius 2 is 1.11 bits per heavy atom. The first-order valence-corrected chi connectivity index (χ1v) is 13.2. The average molecular weight is 676 g/mol. The van der Waals surface area contributed by atoms with Crippen LogP contribution in [-0.2, 0) is 14.3 Å². The SMILES string of the molecule is CC#CC#CC#CC#CC#CC#CC#CC#CC#CC#CC#CC#CC(=O)N[C@@H](CO[C@H]1OC(CO)[C@H](O)[C@H](O)C1O)[C@H](O)[C@@H](C)O.[HH].[HH].[HH].[HH].[HH].[HH].[HH].[HH].[HH].[HH].[HH].[HH].[HH].[HH].[HH].[HH].[HH].[HH].[HH].[HH].[HH].[HH].[HH].[HH]. The van der Waals surface area contributed by atoms with Gasteiger partial charge in [0.2, 0.25) is 0 Å². The molecule has 10 heteroatoms. The molecule has 1 aliphatic heterocycles. The first-order valence-electron chi connectivity index (χ1n) is 13.2. The van der Waals surface area contributed by atoms with Gasteiger partial charge in [0.05, 0.1) is 25.4 Å². The van der Waals surface area contributed by atoms with E-state index in [0.29, 0.717) is 0 Å². The van der Waals surface area contributed by atoms with E-state index < -0.39 is 68.1 Å². The van der Waals surface area contributed by atoms with Crippen LogP contribution in [0.25, 0.3) is 0 Å². The normalized spacial score (nSPS) is 19.4. The number of aliphatic hydroxyl groups is 6. The minimum atomic E-state index is -1.70. The van der Waals surface area contributed by atoms with Crippen molar-refractivity contribution < 1.29 is 79.1 Å². The van der Waals surface area contributed by atoms with Crippen LogP contribution in [0.1, 0.15) is 48.1 Å². The van der Waals surface area contributed by atoms with E-state index in [-0.39, 0.29) is 34.2 Å². The first-order chi connectivity index (χ1) is 22.7. The number of hydrogen-bond acceptors (Lipinski definition) is 9. The van der Waals surface area contributed by atoms with Crippen LogP contribution < -0.4 is 5.32 Å². The van der Waals surface area contributed by atoms with Crippen molar-refractivity contribution in [2.75, 3.05) is 13.2 Å².